The summed E-state index contributed by atoms with van der Waals surface area (Å²) in [6, 6.07) is 10.1. The second-order valence-corrected chi connectivity index (χ2v) is 5.22. The zero-order chi connectivity index (χ0) is 14.7. The van der Waals surface area contributed by atoms with E-state index in [0.29, 0.717) is 19.8 Å². The van der Waals surface area contributed by atoms with Crippen LogP contribution in [0.1, 0.15) is 5.69 Å². The highest BCUT2D eigenvalue weighted by Crippen LogP contribution is 2.24. The molecule has 0 unspecified atom stereocenters. The number of rotatable bonds is 4. The number of aliphatic hydroxyl groups is 1. The number of ether oxygens (including phenoxy) is 2. The Labute approximate surface area is 124 Å². The van der Waals surface area contributed by atoms with E-state index in [1.165, 1.54) is 0 Å². The van der Waals surface area contributed by atoms with Gasteiger partial charge in [0.05, 0.1) is 38.7 Å². The van der Waals surface area contributed by atoms with Crippen molar-refractivity contribution in [3.8, 4) is 5.75 Å². The smallest absolute Gasteiger partial charge is 0.145 e. The van der Waals surface area contributed by atoms with Gasteiger partial charge in [0.2, 0.25) is 0 Å². The minimum Gasteiger partial charge on any atom is -0.494 e. The third-order valence-corrected chi connectivity index (χ3v) is 3.89. The van der Waals surface area contributed by atoms with Crippen molar-refractivity contribution in [3.63, 3.8) is 0 Å². The molecular weight excluding hydrogens is 268 g/mol. The Morgan fingerprint density at radius 3 is 3.10 bits per heavy atom. The summed E-state index contributed by atoms with van der Waals surface area (Å²) in [5.41, 5.74) is 1.86. The van der Waals surface area contributed by atoms with Crippen LogP contribution in [0.25, 0.3) is 10.9 Å². The molecule has 1 aliphatic heterocycles. The summed E-state index contributed by atoms with van der Waals surface area (Å²) in [5, 5.41) is 10.5. The van der Waals surface area contributed by atoms with Crippen molar-refractivity contribution < 1.29 is 14.6 Å². The SMILES string of the molecule is COc1cccc2ccc(CN3CCOC[C@@H]3CO)nc12. The summed E-state index contributed by atoms with van der Waals surface area (Å²) in [6.45, 7) is 2.91. The fraction of sp³-hybridized carbons (Fsp3) is 0.438. The van der Waals surface area contributed by atoms with Crippen LogP contribution in [0.5, 0.6) is 5.75 Å². The molecule has 2 heterocycles. The third kappa shape index (κ3) is 3.00. The van der Waals surface area contributed by atoms with Crippen molar-refractivity contribution >= 4 is 10.9 Å². The number of para-hydroxylation sites is 1. The van der Waals surface area contributed by atoms with Gasteiger partial charge >= 0.3 is 0 Å². The molecule has 1 aliphatic rings. The number of methoxy groups -OCH3 is 1. The second kappa shape index (κ2) is 6.39. The molecule has 1 atom stereocenters. The standard InChI is InChI=1S/C16H20N2O3/c1-20-15-4-2-3-12-5-6-13(17-16(12)15)9-18-7-8-21-11-14(18)10-19/h2-6,14,19H,7-11H2,1H3/t14-/m0/s1. The van der Waals surface area contributed by atoms with Crippen molar-refractivity contribution in [2.24, 2.45) is 0 Å². The maximum atomic E-state index is 9.43. The topological polar surface area (TPSA) is 54.8 Å². The second-order valence-electron chi connectivity index (χ2n) is 5.22. The van der Waals surface area contributed by atoms with Crippen molar-refractivity contribution in [2.45, 2.75) is 12.6 Å². The normalized spacial score (nSPS) is 19.8. The van der Waals surface area contributed by atoms with Crippen LogP contribution in [0.15, 0.2) is 30.3 Å². The van der Waals surface area contributed by atoms with Crippen molar-refractivity contribution in [1.29, 1.82) is 0 Å². The quantitative estimate of drug-likeness (QED) is 0.922. The highest BCUT2D eigenvalue weighted by molar-refractivity contribution is 5.84. The minimum atomic E-state index is 0.0499. The van der Waals surface area contributed by atoms with Gasteiger partial charge in [0, 0.05) is 18.5 Å². The van der Waals surface area contributed by atoms with Crippen molar-refractivity contribution in [2.75, 3.05) is 33.5 Å². The first-order chi connectivity index (χ1) is 10.3. The number of nitrogens with zero attached hydrogens (tertiary/aromatic N) is 2. The molecule has 0 aliphatic carbocycles. The largest absolute Gasteiger partial charge is 0.494 e. The number of aromatic nitrogens is 1. The Morgan fingerprint density at radius 1 is 1.38 bits per heavy atom. The summed E-state index contributed by atoms with van der Waals surface area (Å²) in [4.78, 5) is 6.94. The van der Waals surface area contributed by atoms with Gasteiger partial charge in [-0.2, -0.15) is 0 Å². The molecule has 21 heavy (non-hydrogen) atoms. The van der Waals surface area contributed by atoms with Crippen molar-refractivity contribution in [1.82, 2.24) is 9.88 Å². The molecule has 5 heteroatoms. The molecule has 1 saturated heterocycles. The zero-order valence-corrected chi connectivity index (χ0v) is 12.2. The van der Waals surface area contributed by atoms with Gasteiger partial charge in [-0.25, -0.2) is 4.98 Å². The maximum absolute atomic E-state index is 9.43. The van der Waals surface area contributed by atoms with Crippen molar-refractivity contribution in [3.05, 3.63) is 36.0 Å². The lowest BCUT2D eigenvalue weighted by molar-refractivity contribution is -0.0317. The summed E-state index contributed by atoms with van der Waals surface area (Å²) < 4.78 is 10.8. The van der Waals surface area contributed by atoms with Gasteiger partial charge in [-0.1, -0.05) is 18.2 Å². The van der Waals surface area contributed by atoms with Crippen LogP contribution >= 0.6 is 0 Å². The fourth-order valence-electron chi connectivity index (χ4n) is 2.69. The van der Waals surface area contributed by atoms with Gasteiger partial charge < -0.3 is 14.6 Å². The van der Waals surface area contributed by atoms with Crippen LogP contribution in [-0.2, 0) is 11.3 Å². The summed E-state index contributed by atoms with van der Waals surface area (Å²) in [5.74, 6) is 0.787. The fourth-order valence-corrected chi connectivity index (χ4v) is 2.69. The van der Waals surface area contributed by atoms with Gasteiger partial charge in [-0.05, 0) is 12.1 Å². The predicted octanol–water partition coefficient (Wildman–Crippen LogP) is 1.44. The predicted molar refractivity (Wildman–Crippen MR) is 80.4 cm³/mol. The molecule has 1 N–H and O–H groups in total. The highest BCUT2D eigenvalue weighted by Gasteiger charge is 2.22. The first-order valence-electron chi connectivity index (χ1n) is 7.17. The van der Waals surface area contributed by atoms with Gasteiger partial charge in [-0.3, -0.25) is 4.90 Å². The van der Waals surface area contributed by atoms with Gasteiger partial charge in [-0.15, -0.1) is 0 Å². The molecule has 0 amide bonds. The lowest BCUT2D eigenvalue weighted by Gasteiger charge is -2.34. The van der Waals surface area contributed by atoms with E-state index in [9.17, 15) is 5.11 Å². The van der Waals surface area contributed by atoms with Gasteiger partial charge in [0.15, 0.2) is 0 Å². The molecule has 2 aromatic rings. The van der Waals surface area contributed by atoms with Crippen LogP contribution < -0.4 is 4.74 Å². The molecule has 0 spiro atoms. The molecule has 0 radical (unpaired) electrons. The molecule has 1 fully saturated rings. The van der Waals surface area contributed by atoms with E-state index in [1.54, 1.807) is 7.11 Å². The maximum Gasteiger partial charge on any atom is 0.145 e. The number of hydrogen-bond donors (Lipinski definition) is 1. The lowest BCUT2D eigenvalue weighted by Crippen LogP contribution is -2.46. The van der Waals surface area contributed by atoms with Crippen LogP contribution in [0.3, 0.4) is 0 Å². The van der Waals surface area contributed by atoms with E-state index in [2.05, 4.69) is 11.0 Å². The number of fused-ring (bicyclic) bond motifs is 1. The van der Waals surface area contributed by atoms with E-state index < -0.39 is 0 Å². The molecule has 112 valence electrons. The Kier molecular flexibility index (Phi) is 4.34. The Morgan fingerprint density at radius 2 is 2.29 bits per heavy atom. The average molecular weight is 288 g/mol. The first kappa shape index (κ1) is 14.3. The van der Waals surface area contributed by atoms with Crippen LogP contribution in [0.4, 0.5) is 0 Å². The Bertz CT molecular complexity index is 617. The molecule has 5 nitrogen and oxygen atoms in total. The van der Waals surface area contributed by atoms with Crippen LogP contribution in [-0.4, -0.2) is 54.5 Å². The van der Waals surface area contributed by atoms with E-state index in [1.807, 2.05) is 24.3 Å². The number of benzene rings is 1. The lowest BCUT2D eigenvalue weighted by atomic mass is 10.1. The monoisotopic (exact) mass is 288 g/mol. The van der Waals surface area contributed by atoms with Crippen LogP contribution in [0.2, 0.25) is 0 Å². The Hall–Kier alpha value is -1.69. The molecule has 0 bridgehead atoms. The third-order valence-electron chi connectivity index (χ3n) is 3.89. The molecule has 1 aromatic carbocycles. The van der Waals surface area contributed by atoms with Crippen LogP contribution in [0, 0.1) is 0 Å². The molecule has 0 saturated carbocycles. The number of aliphatic hydroxyl groups excluding tert-OH is 1. The minimum absolute atomic E-state index is 0.0499. The number of morpholine rings is 1. The summed E-state index contributed by atoms with van der Waals surface area (Å²) >= 11 is 0. The summed E-state index contributed by atoms with van der Waals surface area (Å²) in [6.07, 6.45) is 0. The first-order valence-corrected chi connectivity index (χ1v) is 7.17. The zero-order valence-electron chi connectivity index (χ0n) is 12.2. The van der Waals surface area contributed by atoms with E-state index in [0.717, 1.165) is 28.9 Å². The highest BCUT2D eigenvalue weighted by atomic mass is 16.5. The average Bonchev–Trinajstić information content (AvgIpc) is 2.54. The number of pyridine rings is 1. The van der Waals surface area contributed by atoms with E-state index in [4.69, 9.17) is 14.5 Å². The number of hydrogen-bond acceptors (Lipinski definition) is 5. The molecular formula is C16H20N2O3. The summed E-state index contributed by atoms with van der Waals surface area (Å²) in [7, 11) is 1.66. The molecule has 3 rings (SSSR count). The Balaban J connectivity index is 1.86. The molecule has 1 aromatic heterocycles. The van der Waals surface area contributed by atoms with E-state index in [-0.39, 0.29) is 12.6 Å². The van der Waals surface area contributed by atoms with Gasteiger partial charge in [0.1, 0.15) is 11.3 Å². The van der Waals surface area contributed by atoms with E-state index >= 15 is 0 Å². The van der Waals surface area contributed by atoms with Gasteiger partial charge in [0.25, 0.3) is 0 Å².